The Morgan fingerprint density at radius 2 is 2.04 bits per heavy atom. The summed E-state index contributed by atoms with van der Waals surface area (Å²) in [7, 11) is 1.68. The van der Waals surface area contributed by atoms with Gasteiger partial charge in [0.1, 0.15) is 6.61 Å². The van der Waals surface area contributed by atoms with Crippen LogP contribution in [0.15, 0.2) is 18.2 Å². The molecule has 1 aromatic rings. The third-order valence-corrected chi connectivity index (χ3v) is 4.73. The average molecular weight is 438 g/mol. The fourth-order valence-corrected chi connectivity index (χ4v) is 3.25. The number of methoxy groups -OCH3 is 1. The van der Waals surface area contributed by atoms with Crippen LogP contribution >= 0.6 is 24.8 Å². The number of nitrogens with zero attached hydrogens (tertiary/aromatic N) is 1. The number of morpholine rings is 2. The van der Waals surface area contributed by atoms with Gasteiger partial charge in [-0.1, -0.05) is 12.1 Å². The molecule has 28 heavy (non-hydrogen) atoms. The first kappa shape index (κ1) is 25.2. The first-order chi connectivity index (χ1) is 12.9. The van der Waals surface area contributed by atoms with Crippen LogP contribution < -0.4 is 20.1 Å². The Bertz CT molecular complexity index is 542. The third kappa shape index (κ3) is 7.91. The molecule has 0 saturated carbocycles. The van der Waals surface area contributed by atoms with Gasteiger partial charge in [-0.25, -0.2) is 0 Å². The fourth-order valence-electron chi connectivity index (χ4n) is 3.25. The van der Waals surface area contributed by atoms with Crippen LogP contribution in [0.25, 0.3) is 0 Å². The molecule has 0 spiro atoms. The molecule has 0 radical (unpaired) electrons. The van der Waals surface area contributed by atoms with Crippen LogP contribution in [-0.2, 0) is 16.0 Å². The van der Waals surface area contributed by atoms with Crippen molar-refractivity contribution < 1.29 is 18.9 Å². The van der Waals surface area contributed by atoms with E-state index in [-0.39, 0.29) is 30.9 Å². The molecule has 0 aromatic heterocycles. The lowest BCUT2D eigenvalue weighted by Crippen LogP contribution is -2.43. The first-order valence-electron chi connectivity index (χ1n) is 9.48. The second-order valence-electron chi connectivity index (χ2n) is 6.58. The monoisotopic (exact) mass is 437 g/mol. The largest absolute Gasteiger partial charge is 0.493 e. The van der Waals surface area contributed by atoms with E-state index in [4.69, 9.17) is 18.9 Å². The number of halogens is 2. The lowest BCUT2D eigenvalue weighted by molar-refractivity contribution is 0.0289. The Labute approximate surface area is 180 Å². The van der Waals surface area contributed by atoms with Gasteiger partial charge in [0.15, 0.2) is 11.5 Å². The zero-order valence-corrected chi connectivity index (χ0v) is 18.1. The topological polar surface area (TPSA) is 64.2 Å². The molecule has 1 atom stereocenters. The van der Waals surface area contributed by atoms with Crippen LogP contribution in [0.2, 0.25) is 0 Å². The normalized spacial score (nSPS) is 20.0. The summed E-state index contributed by atoms with van der Waals surface area (Å²) in [5.41, 5.74) is 1.11. The molecule has 1 unspecified atom stereocenters. The highest BCUT2D eigenvalue weighted by Crippen LogP contribution is 2.31. The van der Waals surface area contributed by atoms with Crippen LogP contribution in [-0.4, -0.2) is 83.8 Å². The summed E-state index contributed by atoms with van der Waals surface area (Å²) in [5.74, 6) is 1.61. The molecule has 162 valence electrons. The SMILES string of the molecule is COc1cccc(CNCC2CNCCO2)c1OCCN1CCOCC1.Cl.Cl. The molecule has 2 heterocycles. The van der Waals surface area contributed by atoms with Crippen molar-refractivity contribution in [1.82, 2.24) is 15.5 Å². The Kier molecular flexibility index (Phi) is 12.8. The van der Waals surface area contributed by atoms with Crippen LogP contribution in [0, 0.1) is 0 Å². The molecule has 1 aromatic carbocycles. The molecule has 2 aliphatic heterocycles. The maximum atomic E-state index is 6.11. The second-order valence-corrected chi connectivity index (χ2v) is 6.58. The van der Waals surface area contributed by atoms with E-state index in [0.717, 1.165) is 82.7 Å². The van der Waals surface area contributed by atoms with E-state index in [0.29, 0.717) is 6.61 Å². The highest BCUT2D eigenvalue weighted by atomic mass is 35.5. The highest BCUT2D eigenvalue weighted by Gasteiger charge is 2.15. The predicted molar refractivity (Wildman–Crippen MR) is 115 cm³/mol. The Morgan fingerprint density at radius 3 is 2.75 bits per heavy atom. The number of ether oxygens (including phenoxy) is 4. The molecule has 2 N–H and O–H groups in total. The highest BCUT2D eigenvalue weighted by molar-refractivity contribution is 5.85. The first-order valence-corrected chi connectivity index (χ1v) is 9.48. The van der Waals surface area contributed by atoms with Gasteiger partial charge in [-0.05, 0) is 6.07 Å². The van der Waals surface area contributed by atoms with Gasteiger partial charge in [-0.15, -0.1) is 24.8 Å². The Hall–Kier alpha value is -0.800. The van der Waals surface area contributed by atoms with Crippen LogP contribution in [0.3, 0.4) is 0 Å². The third-order valence-electron chi connectivity index (χ3n) is 4.73. The minimum absolute atomic E-state index is 0. The van der Waals surface area contributed by atoms with E-state index in [1.165, 1.54) is 0 Å². The van der Waals surface area contributed by atoms with E-state index < -0.39 is 0 Å². The predicted octanol–water partition coefficient (Wildman–Crippen LogP) is 1.33. The van der Waals surface area contributed by atoms with Crippen LogP contribution in [0.4, 0.5) is 0 Å². The molecule has 3 rings (SSSR count). The van der Waals surface area contributed by atoms with E-state index in [2.05, 4.69) is 21.6 Å². The summed E-state index contributed by atoms with van der Waals surface area (Å²) in [4.78, 5) is 2.37. The van der Waals surface area contributed by atoms with Crippen molar-refractivity contribution in [3.8, 4) is 11.5 Å². The van der Waals surface area contributed by atoms with Crippen molar-refractivity contribution >= 4 is 24.8 Å². The van der Waals surface area contributed by atoms with Crippen molar-refractivity contribution in [1.29, 1.82) is 0 Å². The minimum Gasteiger partial charge on any atom is -0.493 e. The maximum absolute atomic E-state index is 6.11. The summed E-state index contributed by atoms with van der Waals surface area (Å²) in [6.07, 6.45) is 0.222. The quantitative estimate of drug-likeness (QED) is 0.603. The van der Waals surface area contributed by atoms with Crippen molar-refractivity contribution in [2.24, 2.45) is 0 Å². The summed E-state index contributed by atoms with van der Waals surface area (Å²) < 4.78 is 22.7. The molecule has 9 heteroatoms. The van der Waals surface area contributed by atoms with Gasteiger partial charge >= 0.3 is 0 Å². The van der Waals surface area contributed by atoms with Crippen molar-refractivity contribution in [2.75, 3.05) is 72.8 Å². The van der Waals surface area contributed by atoms with Gasteiger partial charge in [0.05, 0.1) is 33.0 Å². The van der Waals surface area contributed by atoms with E-state index in [9.17, 15) is 0 Å². The summed E-state index contributed by atoms with van der Waals surface area (Å²) in [6, 6.07) is 6.03. The zero-order chi connectivity index (χ0) is 18.0. The molecule has 2 saturated heterocycles. The Morgan fingerprint density at radius 1 is 1.21 bits per heavy atom. The van der Waals surface area contributed by atoms with Gasteiger partial charge in [0.2, 0.25) is 0 Å². The summed E-state index contributed by atoms with van der Waals surface area (Å²) >= 11 is 0. The van der Waals surface area contributed by atoms with Crippen LogP contribution in [0.5, 0.6) is 11.5 Å². The van der Waals surface area contributed by atoms with Gasteiger partial charge in [0.25, 0.3) is 0 Å². The smallest absolute Gasteiger partial charge is 0.165 e. The lowest BCUT2D eigenvalue weighted by Gasteiger charge is -2.27. The van der Waals surface area contributed by atoms with Gasteiger partial charge in [-0.2, -0.15) is 0 Å². The molecule has 0 bridgehead atoms. The lowest BCUT2D eigenvalue weighted by atomic mass is 10.1. The molecular formula is C19H33Cl2N3O4. The number of benzene rings is 1. The van der Waals surface area contributed by atoms with Crippen molar-refractivity contribution in [3.05, 3.63) is 23.8 Å². The summed E-state index contributed by atoms with van der Waals surface area (Å²) in [6.45, 7) is 9.26. The standard InChI is InChI=1S/C19H31N3O4.2ClH/c1-23-18-4-2-3-16(13-21-15-17-14-20-5-9-25-17)19(18)26-12-8-22-6-10-24-11-7-22;;/h2-4,17,20-21H,5-15H2,1H3;2*1H. The maximum Gasteiger partial charge on any atom is 0.165 e. The van der Waals surface area contributed by atoms with E-state index >= 15 is 0 Å². The number of nitrogens with one attached hydrogen (secondary N) is 2. The average Bonchev–Trinajstić information content (AvgIpc) is 2.70. The number of hydrogen-bond donors (Lipinski definition) is 2. The number of para-hydroxylation sites is 1. The number of hydrogen-bond acceptors (Lipinski definition) is 7. The minimum atomic E-state index is 0. The number of rotatable bonds is 9. The van der Waals surface area contributed by atoms with Crippen LogP contribution in [0.1, 0.15) is 5.56 Å². The molecule has 0 aliphatic carbocycles. The van der Waals surface area contributed by atoms with E-state index in [1.807, 2.05) is 12.1 Å². The molecule has 2 fully saturated rings. The van der Waals surface area contributed by atoms with E-state index in [1.54, 1.807) is 7.11 Å². The second kappa shape index (κ2) is 14.2. The molecule has 0 amide bonds. The molecule has 2 aliphatic rings. The molecule has 7 nitrogen and oxygen atoms in total. The van der Waals surface area contributed by atoms with Gasteiger partial charge in [0, 0.05) is 51.4 Å². The van der Waals surface area contributed by atoms with Gasteiger partial charge < -0.3 is 29.6 Å². The van der Waals surface area contributed by atoms with Crippen molar-refractivity contribution in [3.63, 3.8) is 0 Å². The van der Waals surface area contributed by atoms with Gasteiger partial charge in [-0.3, -0.25) is 4.90 Å². The summed E-state index contributed by atoms with van der Waals surface area (Å²) in [5, 5.41) is 6.82. The Balaban J connectivity index is 0.00000196. The zero-order valence-electron chi connectivity index (χ0n) is 16.5. The molecular weight excluding hydrogens is 405 g/mol. The van der Waals surface area contributed by atoms with Crippen molar-refractivity contribution in [2.45, 2.75) is 12.6 Å². The fraction of sp³-hybridized carbons (Fsp3) is 0.684.